The molecule has 0 bridgehead atoms. The van der Waals surface area contributed by atoms with Crippen LogP contribution in [-0.4, -0.2) is 45.2 Å². The minimum absolute atomic E-state index is 0.00540. The van der Waals surface area contributed by atoms with E-state index in [2.05, 4.69) is 16.5 Å². The van der Waals surface area contributed by atoms with Crippen LogP contribution in [0.3, 0.4) is 0 Å². The SMILES string of the molecule is C[C@@H](CN1CCC[C@@H](NS(C)(=O)=O)C1)c1ccc(F)cc1. The Morgan fingerprint density at radius 1 is 1.38 bits per heavy atom. The zero-order chi connectivity index (χ0) is 15.5. The Bertz CT molecular complexity index is 560. The maximum absolute atomic E-state index is 12.9. The lowest BCUT2D eigenvalue weighted by molar-refractivity contribution is 0.194. The second-order valence-electron chi connectivity index (χ2n) is 5.94. The number of rotatable bonds is 5. The molecule has 118 valence electrons. The molecule has 1 aliphatic heterocycles. The van der Waals surface area contributed by atoms with Crippen molar-refractivity contribution in [2.24, 2.45) is 0 Å². The first kappa shape index (κ1) is 16.4. The molecule has 1 aliphatic rings. The van der Waals surface area contributed by atoms with E-state index in [-0.39, 0.29) is 11.9 Å². The van der Waals surface area contributed by atoms with E-state index in [1.54, 1.807) is 0 Å². The minimum Gasteiger partial charge on any atom is -0.301 e. The van der Waals surface area contributed by atoms with Gasteiger partial charge in [0, 0.05) is 19.1 Å². The summed E-state index contributed by atoms with van der Waals surface area (Å²) in [4.78, 5) is 2.28. The zero-order valence-electron chi connectivity index (χ0n) is 12.5. The van der Waals surface area contributed by atoms with E-state index in [1.165, 1.54) is 18.4 Å². The summed E-state index contributed by atoms with van der Waals surface area (Å²) in [5, 5.41) is 0. The van der Waals surface area contributed by atoms with E-state index in [0.717, 1.165) is 38.0 Å². The van der Waals surface area contributed by atoms with Gasteiger partial charge >= 0.3 is 0 Å². The van der Waals surface area contributed by atoms with Crippen molar-refractivity contribution in [3.63, 3.8) is 0 Å². The molecular formula is C15H23FN2O2S. The van der Waals surface area contributed by atoms with Crippen molar-refractivity contribution < 1.29 is 12.8 Å². The van der Waals surface area contributed by atoms with Gasteiger partial charge < -0.3 is 4.90 Å². The fourth-order valence-corrected chi connectivity index (χ4v) is 3.70. The summed E-state index contributed by atoms with van der Waals surface area (Å²) in [6, 6.07) is 6.59. The number of likely N-dealkylation sites (tertiary alicyclic amines) is 1. The van der Waals surface area contributed by atoms with Crippen molar-refractivity contribution in [1.29, 1.82) is 0 Å². The first-order chi connectivity index (χ1) is 9.83. The van der Waals surface area contributed by atoms with Gasteiger partial charge in [0.15, 0.2) is 0 Å². The number of halogens is 1. The van der Waals surface area contributed by atoms with Gasteiger partial charge in [-0.2, -0.15) is 0 Å². The number of piperidine rings is 1. The molecule has 4 nitrogen and oxygen atoms in total. The van der Waals surface area contributed by atoms with Gasteiger partial charge in [-0.25, -0.2) is 17.5 Å². The molecule has 2 rings (SSSR count). The smallest absolute Gasteiger partial charge is 0.208 e. The molecule has 1 saturated heterocycles. The summed E-state index contributed by atoms with van der Waals surface area (Å²) < 4.78 is 38.3. The molecule has 1 fully saturated rings. The Labute approximate surface area is 126 Å². The Morgan fingerprint density at radius 3 is 2.67 bits per heavy atom. The monoisotopic (exact) mass is 314 g/mol. The molecule has 2 atom stereocenters. The number of benzene rings is 1. The quantitative estimate of drug-likeness (QED) is 0.903. The Balaban J connectivity index is 1.91. The van der Waals surface area contributed by atoms with Gasteiger partial charge in [-0.3, -0.25) is 0 Å². The third-order valence-electron chi connectivity index (χ3n) is 3.86. The summed E-state index contributed by atoms with van der Waals surface area (Å²) in [6.45, 7) is 4.68. The van der Waals surface area contributed by atoms with Crippen LogP contribution in [0.5, 0.6) is 0 Å². The standard InChI is InChI=1S/C15H23FN2O2S/c1-12(13-5-7-14(16)8-6-13)10-18-9-3-4-15(11-18)17-21(2,19)20/h5-8,12,15,17H,3-4,9-11H2,1-2H3/t12-,15+/m0/s1. The van der Waals surface area contributed by atoms with Gasteiger partial charge in [-0.05, 0) is 43.0 Å². The van der Waals surface area contributed by atoms with Crippen molar-refractivity contribution in [3.8, 4) is 0 Å². The second-order valence-corrected chi connectivity index (χ2v) is 7.72. The molecule has 1 heterocycles. The maximum atomic E-state index is 12.9. The second kappa shape index (κ2) is 6.85. The molecule has 6 heteroatoms. The third kappa shape index (κ3) is 5.37. The summed E-state index contributed by atoms with van der Waals surface area (Å²) in [6.07, 6.45) is 3.07. The van der Waals surface area contributed by atoms with E-state index in [9.17, 15) is 12.8 Å². The first-order valence-corrected chi connectivity index (χ1v) is 9.18. The molecular weight excluding hydrogens is 291 g/mol. The van der Waals surface area contributed by atoms with Crippen molar-refractivity contribution in [3.05, 3.63) is 35.6 Å². The van der Waals surface area contributed by atoms with Crippen LogP contribution in [-0.2, 0) is 10.0 Å². The lowest BCUT2D eigenvalue weighted by atomic mass is 9.98. The Hall–Kier alpha value is -0.980. The van der Waals surface area contributed by atoms with Crippen LogP contribution in [0.25, 0.3) is 0 Å². The van der Waals surface area contributed by atoms with Crippen LogP contribution in [0.1, 0.15) is 31.2 Å². The Kier molecular flexibility index (Phi) is 5.35. The van der Waals surface area contributed by atoms with Gasteiger partial charge in [0.1, 0.15) is 5.82 Å². The van der Waals surface area contributed by atoms with Crippen LogP contribution < -0.4 is 4.72 Å². The largest absolute Gasteiger partial charge is 0.301 e. The summed E-state index contributed by atoms with van der Waals surface area (Å²) >= 11 is 0. The Morgan fingerprint density at radius 2 is 2.05 bits per heavy atom. The van der Waals surface area contributed by atoms with Crippen LogP contribution in [0.2, 0.25) is 0 Å². The van der Waals surface area contributed by atoms with Gasteiger partial charge in [-0.15, -0.1) is 0 Å². The van der Waals surface area contributed by atoms with Gasteiger partial charge in [-0.1, -0.05) is 19.1 Å². The van der Waals surface area contributed by atoms with Gasteiger partial charge in [0.25, 0.3) is 0 Å². The molecule has 0 aromatic heterocycles. The molecule has 0 amide bonds. The number of nitrogens with one attached hydrogen (secondary N) is 1. The van der Waals surface area contributed by atoms with Crippen molar-refractivity contribution in [2.45, 2.75) is 31.7 Å². The average Bonchev–Trinajstić information content (AvgIpc) is 2.37. The van der Waals surface area contributed by atoms with Crippen LogP contribution in [0, 0.1) is 5.82 Å². The molecule has 1 aromatic carbocycles. The summed E-state index contributed by atoms with van der Waals surface area (Å²) in [7, 11) is -3.15. The molecule has 0 spiro atoms. The average molecular weight is 314 g/mol. The highest BCUT2D eigenvalue weighted by molar-refractivity contribution is 7.88. The van der Waals surface area contributed by atoms with E-state index < -0.39 is 10.0 Å². The molecule has 0 saturated carbocycles. The predicted molar refractivity (Wildman–Crippen MR) is 82.3 cm³/mol. The van der Waals surface area contributed by atoms with E-state index in [0.29, 0.717) is 5.92 Å². The minimum atomic E-state index is -3.15. The third-order valence-corrected chi connectivity index (χ3v) is 4.62. The highest BCUT2D eigenvalue weighted by Crippen LogP contribution is 2.20. The molecule has 0 unspecified atom stereocenters. The lowest BCUT2D eigenvalue weighted by Crippen LogP contribution is -2.48. The van der Waals surface area contributed by atoms with E-state index in [1.807, 2.05) is 12.1 Å². The van der Waals surface area contributed by atoms with E-state index in [4.69, 9.17) is 0 Å². The number of sulfonamides is 1. The highest BCUT2D eigenvalue weighted by atomic mass is 32.2. The molecule has 21 heavy (non-hydrogen) atoms. The lowest BCUT2D eigenvalue weighted by Gasteiger charge is -2.34. The summed E-state index contributed by atoms with van der Waals surface area (Å²) in [5.74, 6) is 0.0731. The molecule has 0 radical (unpaired) electrons. The normalized spacial score (nSPS) is 22.1. The first-order valence-electron chi connectivity index (χ1n) is 7.28. The maximum Gasteiger partial charge on any atom is 0.208 e. The van der Waals surface area contributed by atoms with Crippen molar-refractivity contribution in [1.82, 2.24) is 9.62 Å². The fraction of sp³-hybridized carbons (Fsp3) is 0.600. The molecule has 1 aromatic rings. The topological polar surface area (TPSA) is 49.4 Å². The van der Waals surface area contributed by atoms with Gasteiger partial charge in [0.05, 0.1) is 6.26 Å². The molecule has 1 N–H and O–H groups in total. The van der Waals surface area contributed by atoms with Gasteiger partial charge in [0.2, 0.25) is 10.0 Å². The van der Waals surface area contributed by atoms with E-state index >= 15 is 0 Å². The molecule has 0 aliphatic carbocycles. The van der Waals surface area contributed by atoms with Crippen molar-refractivity contribution in [2.75, 3.05) is 25.9 Å². The highest BCUT2D eigenvalue weighted by Gasteiger charge is 2.23. The predicted octanol–water partition coefficient (Wildman–Crippen LogP) is 1.94. The van der Waals surface area contributed by atoms with Crippen LogP contribution >= 0.6 is 0 Å². The number of hydrogen-bond donors (Lipinski definition) is 1. The van der Waals surface area contributed by atoms with Crippen molar-refractivity contribution >= 4 is 10.0 Å². The number of nitrogens with zero attached hydrogens (tertiary/aromatic N) is 1. The number of hydrogen-bond acceptors (Lipinski definition) is 3. The fourth-order valence-electron chi connectivity index (χ4n) is 2.90. The zero-order valence-corrected chi connectivity index (χ0v) is 13.4. The van der Waals surface area contributed by atoms with Crippen LogP contribution in [0.15, 0.2) is 24.3 Å². The summed E-state index contributed by atoms with van der Waals surface area (Å²) in [5.41, 5.74) is 1.11. The van der Waals surface area contributed by atoms with Crippen LogP contribution in [0.4, 0.5) is 4.39 Å².